The number of hydrogen-bond donors (Lipinski definition) is 1. The Balaban J connectivity index is 1.89. The van der Waals surface area contributed by atoms with E-state index in [1.54, 1.807) is 0 Å². The summed E-state index contributed by atoms with van der Waals surface area (Å²) in [7, 11) is 0. The molecule has 130 valence electrons. The van der Waals surface area contributed by atoms with E-state index in [1.165, 1.54) is 33.3 Å². The first-order valence-corrected chi connectivity index (χ1v) is 9.35. The molecule has 0 aliphatic carbocycles. The van der Waals surface area contributed by atoms with Crippen molar-refractivity contribution < 1.29 is 0 Å². The Morgan fingerprint density at radius 1 is 0.760 bits per heavy atom. The normalized spacial score (nSPS) is 10.8. The van der Waals surface area contributed by atoms with Crippen LogP contribution in [0.25, 0.3) is 10.8 Å². The first kappa shape index (κ1) is 17.3. The number of rotatable bonds is 7. The molecule has 0 saturated carbocycles. The van der Waals surface area contributed by atoms with E-state index >= 15 is 0 Å². The summed E-state index contributed by atoms with van der Waals surface area (Å²) in [4.78, 5) is 2.38. The Bertz CT molecular complexity index is 817. The number of fused-ring (bicyclic) bond motifs is 1. The van der Waals surface area contributed by atoms with E-state index in [4.69, 9.17) is 0 Å². The van der Waals surface area contributed by atoms with Crippen molar-refractivity contribution in [1.82, 2.24) is 0 Å². The fourth-order valence-electron chi connectivity index (χ4n) is 3.49. The van der Waals surface area contributed by atoms with Crippen molar-refractivity contribution in [2.45, 2.75) is 27.2 Å². The van der Waals surface area contributed by atoms with Gasteiger partial charge in [-0.15, -0.1) is 0 Å². The maximum absolute atomic E-state index is 3.47. The fourth-order valence-corrected chi connectivity index (χ4v) is 3.49. The van der Waals surface area contributed by atoms with Crippen LogP contribution in [0, 0.1) is 0 Å². The van der Waals surface area contributed by atoms with Crippen molar-refractivity contribution in [3.63, 3.8) is 0 Å². The number of nitrogens with zero attached hydrogens (tertiary/aromatic N) is 1. The lowest BCUT2D eigenvalue weighted by atomic mass is 9.97. The van der Waals surface area contributed by atoms with E-state index in [0.717, 1.165) is 26.1 Å². The van der Waals surface area contributed by atoms with Crippen molar-refractivity contribution in [2.24, 2.45) is 0 Å². The summed E-state index contributed by atoms with van der Waals surface area (Å²) in [6, 6.07) is 22.2. The Hall–Kier alpha value is -2.48. The highest BCUT2D eigenvalue weighted by atomic mass is 15.1. The summed E-state index contributed by atoms with van der Waals surface area (Å²) >= 11 is 0. The monoisotopic (exact) mass is 332 g/mol. The van der Waals surface area contributed by atoms with Crippen molar-refractivity contribution in [2.75, 3.05) is 29.9 Å². The summed E-state index contributed by atoms with van der Waals surface area (Å²) in [5.74, 6) is 0. The molecular formula is C23H28N2. The second kappa shape index (κ2) is 8.06. The van der Waals surface area contributed by atoms with E-state index in [9.17, 15) is 0 Å². The zero-order valence-electron chi connectivity index (χ0n) is 15.5. The van der Waals surface area contributed by atoms with Gasteiger partial charge in [0.05, 0.1) is 0 Å². The van der Waals surface area contributed by atoms with Gasteiger partial charge in [0.15, 0.2) is 0 Å². The van der Waals surface area contributed by atoms with Gasteiger partial charge in [-0.1, -0.05) is 42.5 Å². The average Bonchev–Trinajstić information content (AvgIpc) is 2.66. The minimum atomic E-state index is 0.941. The minimum Gasteiger partial charge on any atom is -0.385 e. The highest BCUT2D eigenvalue weighted by Gasteiger charge is 2.07. The second-order valence-corrected chi connectivity index (χ2v) is 6.36. The van der Waals surface area contributed by atoms with Crippen LogP contribution in [0.15, 0.2) is 60.7 Å². The third-order valence-electron chi connectivity index (χ3n) is 4.84. The van der Waals surface area contributed by atoms with Gasteiger partial charge in [-0.3, -0.25) is 0 Å². The third kappa shape index (κ3) is 3.79. The number of benzene rings is 3. The number of anilines is 2. The average molecular weight is 332 g/mol. The SMILES string of the molecule is CCNc1ccc(Cc2ccc(N(CC)CC)cc2)c2ccccc12. The first-order chi connectivity index (χ1) is 12.3. The highest BCUT2D eigenvalue weighted by Crippen LogP contribution is 2.28. The summed E-state index contributed by atoms with van der Waals surface area (Å²) < 4.78 is 0. The molecule has 2 heteroatoms. The van der Waals surface area contributed by atoms with Crippen LogP contribution in [0.5, 0.6) is 0 Å². The van der Waals surface area contributed by atoms with Gasteiger partial charge in [0.2, 0.25) is 0 Å². The van der Waals surface area contributed by atoms with Gasteiger partial charge in [-0.2, -0.15) is 0 Å². The zero-order valence-corrected chi connectivity index (χ0v) is 15.5. The van der Waals surface area contributed by atoms with Gasteiger partial charge >= 0.3 is 0 Å². The molecule has 0 aromatic heterocycles. The third-order valence-corrected chi connectivity index (χ3v) is 4.84. The van der Waals surface area contributed by atoms with Crippen LogP contribution < -0.4 is 10.2 Å². The molecule has 0 heterocycles. The molecule has 0 aliphatic heterocycles. The molecule has 0 aliphatic rings. The Morgan fingerprint density at radius 3 is 2.08 bits per heavy atom. The van der Waals surface area contributed by atoms with Crippen LogP contribution in [0.1, 0.15) is 31.9 Å². The van der Waals surface area contributed by atoms with Crippen molar-refractivity contribution in [3.8, 4) is 0 Å². The van der Waals surface area contributed by atoms with Gasteiger partial charge in [-0.05, 0) is 61.9 Å². The van der Waals surface area contributed by atoms with E-state index < -0.39 is 0 Å². The molecule has 2 nitrogen and oxygen atoms in total. The van der Waals surface area contributed by atoms with Gasteiger partial charge in [0.25, 0.3) is 0 Å². The number of hydrogen-bond acceptors (Lipinski definition) is 2. The maximum atomic E-state index is 3.47. The lowest BCUT2D eigenvalue weighted by Crippen LogP contribution is -2.21. The topological polar surface area (TPSA) is 15.3 Å². The summed E-state index contributed by atoms with van der Waals surface area (Å²) in [6.45, 7) is 9.58. The smallest absolute Gasteiger partial charge is 0.0419 e. The first-order valence-electron chi connectivity index (χ1n) is 9.35. The Kier molecular flexibility index (Phi) is 5.60. The van der Waals surface area contributed by atoms with Crippen molar-refractivity contribution >= 4 is 22.1 Å². The quantitative estimate of drug-likeness (QED) is 0.596. The molecule has 0 saturated heterocycles. The van der Waals surface area contributed by atoms with Gasteiger partial charge < -0.3 is 10.2 Å². The lowest BCUT2D eigenvalue weighted by molar-refractivity contribution is 0.866. The fraction of sp³-hybridized carbons (Fsp3) is 0.304. The number of nitrogens with one attached hydrogen (secondary N) is 1. The van der Waals surface area contributed by atoms with E-state index in [0.29, 0.717) is 0 Å². The molecule has 25 heavy (non-hydrogen) atoms. The van der Waals surface area contributed by atoms with Gasteiger partial charge in [0.1, 0.15) is 0 Å². The zero-order chi connectivity index (χ0) is 17.6. The molecule has 0 amide bonds. The van der Waals surface area contributed by atoms with Crippen LogP contribution in [0.3, 0.4) is 0 Å². The van der Waals surface area contributed by atoms with Crippen molar-refractivity contribution in [3.05, 3.63) is 71.8 Å². The van der Waals surface area contributed by atoms with Crippen LogP contribution in [0.2, 0.25) is 0 Å². The summed E-state index contributed by atoms with van der Waals surface area (Å²) in [6.07, 6.45) is 0.964. The largest absolute Gasteiger partial charge is 0.385 e. The van der Waals surface area contributed by atoms with E-state index in [2.05, 4.69) is 91.7 Å². The molecule has 3 rings (SSSR count). The minimum absolute atomic E-state index is 0.941. The molecule has 3 aromatic carbocycles. The van der Waals surface area contributed by atoms with E-state index in [1.807, 2.05) is 0 Å². The maximum Gasteiger partial charge on any atom is 0.0419 e. The molecule has 3 aromatic rings. The second-order valence-electron chi connectivity index (χ2n) is 6.36. The predicted molar refractivity (Wildman–Crippen MR) is 111 cm³/mol. The summed E-state index contributed by atoms with van der Waals surface area (Å²) in [5.41, 5.74) is 5.27. The molecule has 1 N–H and O–H groups in total. The van der Waals surface area contributed by atoms with Crippen LogP contribution >= 0.6 is 0 Å². The van der Waals surface area contributed by atoms with Gasteiger partial charge in [-0.25, -0.2) is 0 Å². The Labute approximate surface area is 151 Å². The molecule has 0 bridgehead atoms. The van der Waals surface area contributed by atoms with E-state index in [-0.39, 0.29) is 0 Å². The van der Waals surface area contributed by atoms with Crippen molar-refractivity contribution in [1.29, 1.82) is 0 Å². The molecule has 0 radical (unpaired) electrons. The molecule has 0 atom stereocenters. The van der Waals surface area contributed by atoms with Crippen LogP contribution in [-0.2, 0) is 6.42 Å². The molecule has 0 fully saturated rings. The van der Waals surface area contributed by atoms with Crippen LogP contribution in [-0.4, -0.2) is 19.6 Å². The highest BCUT2D eigenvalue weighted by molar-refractivity contribution is 5.96. The Morgan fingerprint density at radius 2 is 1.44 bits per heavy atom. The van der Waals surface area contributed by atoms with Gasteiger partial charge in [0, 0.05) is 36.4 Å². The lowest BCUT2D eigenvalue weighted by Gasteiger charge is -2.21. The predicted octanol–water partition coefficient (Wildman–Crippen LogP) is 5.71. The summed E-state index contributed by atoms with van der Waals surface area (Å²) in [5, 5.41) is 6.12. The molecule has 0 unspecified atom stereocenters. The van der Waals surface area contributed by atoms with Crippen LogP contribution in [0.4, 0.5) is 11.4 Å². The molecular weight excluding hydrogens is 304 g/mol. The molecule has 0 spiro atoms. The standard InChI is InChI=1S/C23H28N2/c1-4-24-23-16-13-19(21-9-7-8-10-22(21)23)17-18-11-14-20(15-12-18)25(5-2)6-3/h7-16,24H,4-6,17H2,1-3H3.